The number of ketones is 1. The predicted molar refractivity (Wildman–Crippen MR) is 69.0 cm³/mol. The minimum absolute atomic E-state index is 0.0466. The fourth-order valence-electron chi connectivity index (χ4n) is 1.29. The zero-order valence-corrected chi connectivity index (χ0v) is 11.8. The quantitative estimate of drug-likeness (QED) is 0.270. The highest BCUT2D eigenvalue weighted by atomic mass is 16.5. The molecule has 0 aromatic carbocycles. The summed E-state index contributed by atoms with van der Waals surface area (Å²) in [5.41, 5.74) is 8.20. The monoisotopic (exact) mass is 285 g/mol. The molecule has 8 nitrogen and oxygen atoms in total. The molecule has 0 radical (unpaired) electrons. The fourth-order valence-corrected chi connectivity index (χ4v) is 1.29. The minimum Gasteiger partial charge on any atom is -0.467 e. The topological polar surface area (TPSA) is 118 Å². The first-order valence-corrected chi connectivity index (χ1v) is 6.09. The normalized spacial score (nSPS) is 11.4. The Labute approximate surface area is 117 Å². The summed E-state index contributed by atoms with van der Waals surface area (Å²) in [6.07, 6.45) is 0.609. The molecule has 1 amide bonds. The van der Waals surface area contributed by atoms with E-state index in [9.17, 15) is 14.4 Å². The third kappa shape index (κ3) is 8.12. The summed E-state index contributed by atoms with van der Waals surface area (Å²) in [7, 11) is 1.18. The Morgan fingerprint density at radius 3 is 2.50 bits per heavy atom. The largest absolute Gasteiger partial charge is 0.467 e. The van der Waals surface area contributed by atoms with E-state index in [0.29, 0.717) is 0 Å². The van der Waals surface area contributed by atoms with Gasteiger partial charge < -0.3 is 20.3 Å². The Bertz CT molecular complexity index is 402. The van der Waals surface area contributed by atoms with Crippen LogP contribution < -0.4 is 5.32 Å². The molecule has 0 rings (SSSR count). The van der Waals surface area contributed by atoms with Crippen molar-refractivity contribution in [2.75, 3.05) is 13.7 Å². The molecule has 0 aliphatic heterocycles. The van der Waals surface area contributed by atoms with Crippen LogP contribution in [-0.4, -0.2) is 54.5 Å². The lowest BCUT2D eigenvalue weighted by atomic mass is 10.1. The van der Waals surface area contributed by atoms with Gasteiger partial charge in [-0.25, -0.2) is 4.79 Å². The number of ether oxygens (including phenoxy) is 2. The first kappa shape index (κ1) is 17.9. The highest BCUT2D eigenvalue weighted by molar-refractivity contribution is 6.25. The number of Topliss-reactive ketones (excluding diaryl/α,β-unsaturated/α-hetero) is 1. The lowest BCUT2D eigenvalue weighted by molar-refractivity contribution is -0.146. The first-order valence-electron chi connectivity index (χ1n) is 6.09. The summed E-state index contributed by atoms with van der Waals surface area (Å²) in [6, 6.07) is -0.945. The Morgan fingerprint density at radius 2 is 2.00 bits per heavy atom. The van der Waals surface area contributed by atoms with Gasteiger partial charge in [0.05, 0.1) is 13.2 Å². The molecule has 112 valence electrons. The Hall–Kier alpha value is -2.05. The van der Waals surface area contributed by atoms with Crippen molar-refractivity contribution in [3.05, 3.63) is 5.53 Å². The van der Waals surface area contributed by atoms with Gasteiger partial charge in [0.1, 0.15) is 12.6 Å². The average Bonchev–Trinajstić information content (AvgIpc) is 2.40. The van der Waals surface area contributed by atoms with Crippen LogP contribution in [0.15, 0.2) is 0 Å². The summed E-state index contributed by atoms with van der Waals surface area (Å²) in [5.74, 6) is -1.59. The van der Waals surface area contributed by atoms with Crippen molar-refractivity contribution in [2.45, 2.75) is 38.8 Å². The number of amides is 1. The van der Waals surface area contributed by atoms with Crippen molar-refractivity contribution < 1.29 is 28.6 Å². The fraction of sp³-hybridized carbons (Fsp3) is 0.667. The molecule has 0 bridgehead atoms. The van der Waals surface area contributed by atoms with E-state index in [1.165, 1.54) is 7.11 Å². The second kappa shape index (κ2) is 9.82. The second-order valence-electron chi connectivity index (χ2n) is 4.25. The summed E-state index contributed by atoms with van der Waals surface area (Å²) in [5, 5.41) is 2.42. The van der Waals surface area contributed by atoms with E-state index in [2.05, 4.69) is 14.8 Å². The maximum Gasteiger partial charge on any atom is 0.328 e. The molecular weight excluding hydrogens is 266 g/mol. The van der Waals surface area contributed by atoms with E-state index in [4.69, 9.17) is 10.3 Å². The van der Waals surface area contributed by atoms with Gasteiger partial charge in [-0.1, -0.05) is 0 Å². The average molecular weight is 285 g/mol. The number of rotatable bonds is 9. The predicted octanol–water partition coefficient (Wildman–Crippen LogP) is -0.281. The van der Waals surface area contributed by atoms with Crippen LogP contribution in [0.2, 0.25) is 0 Å². The molecule has 0 spiro atoms. The van der Waals surface area contributed by atoms with Crippen molar-refractivity contribution in [1.82, 2.24) is 5.32 Å². The SMILES string of the molecule is COC(=O)[C@H](CCC(=O)C=[N+]=[N-])NC(=O)COC(C)C. The standard InChI is InChI=1S/C12H19N3O5/c1-8(2)20-7-11(17)15-10(12(18)19-3)5-4-9(16)6-14-13/h6,8,10H,4-5,7H2,1-3H3,(H,15,17)/t10-/m0/s1. The Morgan fingerprint density at radius 1 is 1.35 bits per heavy atom. The van der Waals surface area contributed by atoms with Crippen LogP contribution in [0.4, 0.5) is 0 Å². The Balaban J connectivity index is 4.42. The highest BCUT2D eigenvalue weighted by Gasteiger charge is 2.22. The van der Waals surface area contributed by atoms with Gasteiger partial charge in [0.25, 0.3) is 0 Å². The number of carbonyl (C=O) groups is 3. The van der Waals surface area contributed by atoms with E-state index in [0.717, 1.165) is 6.21 Å². The summed E-state index contributed by atoms with van der Waals surface area (Å²) in [4.78, 5) is 36.8. The molecule has 0 aliphatic carbocycles. The zero-order valence-electron chi connectivity index (χ0n) is 11.8. The van der Waals surface area contributed by atoms with Crippen LogP contribution in [0.3, 0.4) is 0 Å². The lowest BCUT2D eigenvalue weighted by Crippen LogP contribution is -2.43. The maximum atomic E-state index is 11.6. The molecule has 0 saturated carbocycles. The highest BCUT2D eigenvalue weighted by Crippen LogP contribution is 2.01. The maximum absolute atomic E-state index is 11.6. The smallest absolute Gasteiger partial charge is 0.328 e. The molecule has 0 fully saturated rings. The molecule has 0 aliphatic rings. The molecule has 20 heavy (non-hydrogen) atoms. The van der Waals surface area contributed by atoms with Gasteiger partial charge in [-0.15, -0.1) is 0 Å². The molecule has 1 N–H and O–H groups in total. The number of nitrogens with one attached hydrogen (secondary N) is 1. The van der Waals surface area contributed by atoms with Crippen LogP contribution in [0.1, 0.15) is 26.7 Å². The number of hydrogen-bond donors (Lipinski definition) is 1. The molecule has 0 aromatic heterocycles. The van der Waals surface area contributed by atoms with Crippen molar-refractivity contribution in [3.8, 4) is 0 Å². The van der Waals surface area contributed by atoms with Gasteiger partial charge in [-0.3, -0.25) is 9.59 Å². The van der Waals surface area contributed by atoms with Crippen molar-refractivity contribution >= 4 is 23.9 Å². The molecule has 0 saturated heterocycles. The first-order chi connectivity index (χ1) is 9.40. The van der Waals surface area contributed by atoms with Crippen LogP contribution in [0, 0.1) is 0 Å². The van der Waals surface area contributed by atoms with Crippen LogP contribution >= 0.6 is 0 Å². The number of nitrogens with zero attached hydrogens (tertiary/aromatic N) is 2. The van der Waals surface area contributed by atoms with Gasteiger partial charge in [0.15, 0.2) is 0 Å². The number of esters is 1. The number of hydrogen-bond acceptors (Lipinski definition) is 5. The van der Waals surface area contributed by atoms with Gasteiger partial charge >= 0.3 is 12.2 Å². The van der Waals surface area contributed by atoms with Gasteiger partial charge in [0.2, 0.25) is 11.7 Å². The minimum atomic E-state index is -0.945. The number of carbonyl (C=O) groups excluding carboxylic acids is 3. The van der Waals surface area contributed by atoms with Crippen molar-refractivity contribution in [2.24, 2.45) is 0 Å². The van der Waals surface area contributed by atoms with Crippen LogP contribution in [0.25, 0.3) is 5.53 Å². The van der Waals surface area contributed by atoms with Gasteiger partial charge in [-0.05, 0) is 20.3 Å². The van der Waals surface area contributed by atoms with E-state index in [1.807, 2.05) is 0 Å². The van der Waals surface area contributed by atoms with E-state index in [-0.39, 0.29) is 25.6 Å². The third-order valence-corrected chi connectivity index (χ3v) is 2.25. The molecular formula is C12H19N3O5. The lowest BCUT2D eigenvalue weighted by Gasteiger charge is -2.16. The Kier molecular flexibility index (Phi) is 8.82. The summed E-state index contributed by atoms with van der Waals surface area (Å²) in [6.45, 7) is 3.37. The molecule has 0 heterocycles. The van der Waals surface area contributed by atoms with E-state index in [1.54, 1.807) is 13.8 Å². The summed E-state index contributed by atoms with van der Waals surface area (Å²) < 4.78 is 9.64. The molecule has 0 aromatic rings. The van der Waals surface area contributed by atoms with Crippen molar-refractivity contribution in [1.29, 1.82) is 0 Å². The number of methoxy groups -OCH3 is 1. The van der Waals surface area contributed by atoms with Gasteiger partial charge in [-0.2, -0.15) is 4.79 Å². The molecule has 0 unspecified atom stereocenters. The van der Waals surface area contributed by atoms with E-state index < -0.39 is 23.7 Å². The van der Waals surface area contributed by atoms with E-state index >= 15 is 0 Å². The molecule has 1 atom stereocenters. The zero-order chi connectivity index (χ0) is 15.5. The van der Waals surface area contributed by atoms with Crippen LogP contribution in [0.5, 0.6) is 0 Å². The van der Waals surface area contributed by atoms with Crippen molar-refractivity contribution in [3.63, 3.8) is 0 Å². The summed E-state index contributed by atoms with van der Waals surface area (Å²) >= 11 is 0. The second-order valence-corrected chi connectivity index (χ2v) is 4.25. The van der Waals surface area contributed by atoms with Crippen LogP contribution in [-0.2, 0) is 23.9 Å². The molecule has 8 heteroatoms. The third-order valence-electron chi connectivity index (χ3n) is 2.25. The van der Waals surface area contributed by atoms with Gasteiger partial charge in [0, 0.05) is 6.42 Å².